The summed E-state index contributed by atoms with van der Waals surface area (Å²) in [5.74, 6) is 0.516. The number of rotatable bonds is 1. The van der Waals surface area contributed by atoms with E-state index in [0.717, 1.165) is 19.6 Å². The van der Waals surface area contributed by atoms with E-state index in [4.69, 9.17) is 4.74 Å². The standard InChI is InChI=1S/C12H12NO/c1-2-4-11-9(3-1)7-12(13-11)10-5-6-14-8-10/h1-4,10,13H,5-6,8H2. The van der Waals surface area contributed by atoms with Crippen molar-refractivity contribution in [3.63, 3.8) is 0 Å². The lowest BCUT2D eigenvalue weighted by Crippen LogP contribution is -1.97. The molecule has 1 N–H and O–H groups in total. The highest BCUT2D eigenvalue weighted by Gasteiger charge is 2.19. The molecule has 2 aromatic rings. The second-order valence-electron chi connectivity index (χ2n) is 3.77. The summed E-state index contributed by atoms with van der Waals surface area (Å²) in [5, 5.41) is 1.18. The molecule has 2 heteroatoms. The van der Waals surface area contributed by atoms with Crippen molar-refractivity contribution in [2.45, 2.75) is 12.3 Å². The molecule has 1 radical (unpaired) electrons. The van der Waals surface area contributed by atoms with Crippen LogP contribution in [0.25, 0.3) is 10.9 Å². The summed E-state index contributed by atoms with van der Waals surface area (Å²) in [5.41, 5.74) is 2.37. The zero-order valence-corrected chi connectivity index (χ0v) is 7.92. The molecule has 0 amide bonds. The Balaban J connectivity index is 2.05. The van der Waals surface area contributed by atoms with Gasteiger partial charge in [-0.3, -0.25) is 0 Å². The molecular weight excluding hydrogens is 174 g/mol. The van der Waals surface area contributed by atoms with Crippen molar-refractivity contribution in [2.75, 3.05) is 13.2 Å². The first-order chi connectivity index (χ1) is 6.93. The van der Waals surface area contributed by atoms with Crippen LogP contribution in [0.4, 0.5) is 0 Å². The lowest BCUT2D eigenvalue weighted by molar-refractivity contribution is 0.193. The fourth-order valence-corrected chi connectivity index (χ4v) is 1.99. The van der Waals surface area contributed by atoms with E-state index in [0.29, 0.717) is 5.92 Å². The minimum atomic E-state index is 0.516. The summed E-state index contributed by atoms with van der Waals surface area (Å²) in [6, 6.07) is 11.7. The van der Waals surface area contributed by atoms with Gasteiger partial charge in [-0.15, -0.1) is 0 Å². The molecule has 3 rings (SSSR count). The quantitative estimate of drug-likeness (QED) is 0.727. The first-order valence-electron chi connectivity index (χ1n) is 5.01. The van der Waals surface area contributed by atoms with Crippen molar-refractivity contribution < 1.29 is 4.74 Å². The molecule has 1 aromatic heterocycles. The first kappa shape index (κ1) is 8.06. The smallest absolute Gasteiger partial charge is 0.0550 e. The minimum Gasteiger partial charge on any atom is -0.381 e. The van der Waals surface area contributed by atoms with Crippen molar-refractivity contribution >= 4 is 10.9 Å². The normalized spacial score (nSPS) is 21.9. The molecule has 1 saturated heterocycles. The SMILES string of the molecule is [c]1c(C2CCOC2)[nH]c2ccccc12. The monoisotopic (exact) mass is 186 g/mol. The number of benzene rings is 1. The molecule has 0 bridgehead atoms. The molecule has 14 heavy (non-hydrogen) atoms. The van der Waals surface area contributed by atoms with Crippen LogP contribution >= 0.6 is 0 Å². The van der Waals surface area contributed by atoms with Crippen LogP contribution in [0.2, 0.25) is 0 Å². The van der Waals surface area contributed by atoms with Gasteiger partial charge in [0.05, 0.1) is 6.61 Å². The third-order valence-corrected chi connectivity index (χ3v) is 2.80. The molecule has 0 aliphatic carbocycles. The fourth-order valence-electron chi connectivity index (χ4n) is 1.99. The number of ether oxygens (including phenoxy) is 1. The van der Waals surface area contributed by atoms with Crippen LogP contribution in [0.1, 0.15) is 18.0 Å². The third-order valence-electron chi connectivity index (χ3n) is 2.80. The van der Waals surface area contributed by atoms with Crippen LogP contribution in [-0.2, 0) is 4.74 Å². The Labute approximate surface area is 82.9 Å². The molecule has 0 spiro atoms. The molecule has 71 valence electrons. The van der Waals surface area contributed by atoms with Crippen LogP contribution < -0.4 is 0 Å². The molecule has 1 fully saturated rings. The highest BCUT2D eigenvalue weighted by molar-refractivity contribution is 5.79. The largest absolute Gasteiger partial charge is 0.381 e. The number of hydrogen-bond donors (Lipinski definition) is 1. The maximum absolute atomic E-state index is 5.37. The van der Waals surface area contributed by atoms with Crippen LogP contribution in [0.3, 0.4) is 0 Å². The molecule has 1 aromatic carbocycles. The van der Waals surface area contributed by atoms with Gasteiger partial charge >= 0.3 is 0 Å². The summed E-state index contributed by atoms with van der Waals surface area (Å²) in [7, 11) is 0. The van der Waals surface area contributed by atoms with E-state index in [9.17, 15) is 0 Å². The summed E-state index contributed by atoms with van der Waals surface area (Å²) >= 11 is 0. The Kier molecular flexibility index (Phi) is 1.81. The lowest BCUT2D eigenvalue weighted by atomic mass is 10.1. The van der Waals surface area contributed by atoms with Crippen molar-refractivity contribution in [1.82, 2.24) is 4.98 Å². The van der Waals surface area contributed by atoms with Gasteiger partial charge in [0.15, 0.2) is 0 Å². The van der Waals surface area contributed by atoms with Crippen molar-refractivity contribution in [1.29, 1.82) is 0 Å². The van der Waals surface area contributed by atoms with E-state index >= 15 is 0 Å². The van der Waals surface area contributed by atoms with Gasteiger partial charge in [-0.1, -0.05) is 18.2 Å². The van der Waals surface area contributed by atoms with Crippen LogP contribution in [-0.4, -0.2) is 18.2 Å². The lowest BCUT2D eigenvalue weighted by Gasteiger charge is -2.02. The molecule has 0 saturated carbocycles. The van der Waals surface area contributed by atoms with Gasteiger partial charge < -0.3 is 9.72 Å². The number of aromatic nitrogens is 1. The zero-order valence-electron chi connectivity index (χ0n) is 7.92. The Morgan fingerprint density at radius 2 is 2.29 bits per heavy atom. The maximum Gasteiger partial charge on any atom is 0.0550 e. The van der Waals surface area contributed by atoms with E-state index < -0.39 is 0 Å². The minimum absolute atomic E-state index is 0.516. The van der Waals surface area contributed by atoms with E-state index in [-0.39, 0.29) is 0 Å². The maximum atomic E-state index is 5.37. The molecule has 1 aliphatic heterocycles. The van der Waals surface area contributed by atoms with E-state index in [2.05, 4.69) is 23.2 Å². The summed E-state index contributed by atoms with van der Waals surface area (Å²) in [6.45, 7) is 1.72. The predicted octanol–water partition coefficient (Wildman–Crippen LogP) is 2.47. The van der Waals surface area contributed by atoms with Gasteiger partial charge in [0.25, 0.3) is 0 Å². The Morgan fingerprint density at radius 3 is 3.07 bits per heavy atom. The van der Waals surface area contributed by atoms with Gasteiger partial charge in [-0.25, -0.2) is 0 Å². The number of hydrogen-bond acceptors (Lipinski definition) is 1. The average molecular weight is 186 g/mol. The summed E-state index contributed by atoms with van der Waals surface area (Å²) in [4.78, 5) is 3.40. The Morgan fingerprint density at radius 1 is 1.36 bits per heavy atom. The van der Waals surface area contributed by atoms with E-state index in [1.54, 1.807) is 0 Å². The molecular formula is C12H12NO. The Hall–Kier alpha value is -1.28. The van der Waals surface area contributed by atoms with Gasteiger partial charge in [-0.05, 0) is 12.5 Å². The highest BCUT2D eigenvalue weighted by Crippen LogP contribution is 2.26. The van der Waals surface area contributed by atoms with E-state index in [1.165, 1.54) is 16.6 Å². The number of para-hydroxylation sites is 1. The van der Waals surface area contributed by atoms with Gasteiger partial charge in [0, 0.05) is 35.2 Å². The highest BCUT2D eigenvalue weighted by atomic mass is 16.5. The number of nitrogens with one attached hydrogen (secondary N) is 1. The molecule has 2 nitrogen and oxygen atoms in total. The average Bonchev–Trinajstić information content (AvgIpc) is 2.86. The third kappa shape index (κ3) is 1.23. The van der Waals surface area contributed by atoms with Crippen molar-refractivity contribution in [2.24, 2.45) is 0 Å². The first-order valence-corrected chi connectivity index (χ1v) is 5.01. The van der Waals surface area contributed by atoms with Gasteiger partial charge in [0.2, 0.25) is 0 Å². The molecule has 2 heterocycles. The topological polar surface area (TPSA) is 25.0 Å². The fraction of sp³-hybridized carbons (Fsp3) is 0.333. The van der Waals surface area contributed by atoms with Crippen LogP contribution in [0.15, 0.2) is 24.3 Å². The Bertz CT molecular complexity index is 407. The number of fused-ring (bicyclic) bond motifs is 1. The second-order valence-corrected chi connectivity index (χ2v) is 3.77. The van der Waals surface area contributed by atoms with E-state index in [1.807, 2.05) is 12.1 Å². The molecule has 1 atom stereocenters. The summed E-state index contributed by atoms with van der Waals surface area (Å²) in [6.07, 6.45) is 1.11. The van der Waals surface area contributed by atoms with Gasteiger partial charge in [-0.2, -0.15) is 0 Å². The van der Waals surface area contributed by atoms with Gasteiger partial charge in [0.1, 0.15) is 0 Å². The van der Waals surface area contributed by atoms with Crippen LogP contribution in [0.5, 0.6) is 0 Å². The predicted molar refractivity (Wildman–Crippen MR) is 55.3 cm³/mol. The number of H-pyrrole nitrogens is 1. The number of aromatic amines is 1. The summed E-state index contributed by atoms with van der Waals surface area (Å²) < 4.78 is 5.37. The van der Waals surface area contributed by atoms with Crippen molar-refractivity contribution in [3.8, 4) is 0 Å². The second kappa shape index (κ2) is 3.14. The molecule has 1 aliphatic rings. The molecule has 1 unspecified atom stereocenters. The van der Waals surface area contributed by atoms with Crippen LogP contribution in [0, 0.1) is 6.07 Å². The van der Waals surface area contributed by atoms with Crippen molar-refractivity contribution in [3.05, 3.63) is 36.0 Å². The zero-order chi connectivity index (χ0) is 9.38.